The normalized spacial score (nSPS) is 18.3. The van der Waals surface area contributed by atoms with Crippen LogP contribution in [0, 0.1) is 20.8 Å². The fourth-order valence-electron chi connectivity index (χ4n) is 3.77. The van der Waals surface area contributed by atoms with Crippen LogP contribution < -0.4 is 4.90 Å². The lowest BCUT2D eigenvalue weighted by atomic mass is 10.1. The molecule has 0 unspecified atom stereocenters. The summed E-state index contributed by atoms with van der Waals surface area (Å²) in [5, 5.41) is 2.87. The summed E-state index contributed by atoms with van der Waals surface area (Å²) in [4.78, 5) is 8.96. The third kappa shape index (κ3) is 3.99. The summed E-state index contributed by atoms with van der Waals surface area (Å²) in [6, 6.07) is 10.3. The minimum absolute atomic E-state index is 0.111. The molecule has 0 spiro atoms. The highest BCUT2D eigenvalue weighted by Crippen LogP contribution is 2.37. The molecule has 1 aliphatic heterocycles. The standard InChI is InChI=1S/C21H25N3O2S3/c1-14-6-5-7-18(10-14)24-9-8-23(12-16(24)3)29(25,26)20-11-19(28-17(20)4)21-22-15(2)13-27-21/h5-7,10-11,13,16H,8-9,12H2,1-4H3/t16-/m0/s1. The first-order valence-corrected chi connectivity index (χ1v) is 12.8. The predicted octanol–water partition coefficient (Wildman–Crippen LogP) is 4.70. The number of thiophene rings is 1. The number of thiazole rings is 1. The van der Waals surface area contributed by atoms with Crippen LogP contribution in [-0.2, 0) is 10.0 Å². The molecule has 0 radical (unpaired) electrons. The number of hydrogen-bond acceptors (Lipinski definition) is 6. The molecule has 3 aromatic rings. The van der Waals surface area contributed by atoms with E-state index < -0.39 is 10.0 Å². The maximum absolute atomic E-state index is 13.4. The summed E-state index contributed by atoms with van der Waals surface area (Å²) in [5.41, 5.74) is 3.33. The van der Waals surface area contributed by atoms with Crippen molar-refractivity contribution in [3.63, 3.8) is 0 Å². The van der Waals surface area contributed by atoms with Crippen molar-refractivity contribution >= 4 is 38.4 Å². The first-order valence-electron chi connectivity index (χ1n) is 9.62. The van der Waals surface area contributed by atoms with Crippen LogP contribution in [0.25, 0.3) is 9.88 Å². The second-order valence-electron chi connectivity index (χ2n) is 7.57. The van der Waals surface area contributed by atoms with Gasteiger partial charge in [0.25, 0.3) is 0 Å². The maximum Gasteiger partial charge on any atom is 0.244 e. The maximum atomic E-state index is 13.4. The van der Waals surface area contributed by atoms with Crippen LogP contribution in [0.4, 0.5) is 5.69 Å². The van der Waals surface area contributed by atoms with Crippen LogP contribution in [0.3, 0.4) is 0 Å². The van der Waals surface area contributed by atoms with E-state index in [1.54, 1.807) is 21.7 Å². The number of hydrogen-bond donors (Lipinski definition) is 0. The third-order valence-corrected chi connectivity index (χ3v) is 9.54. The molecule has 3 heterocycles. The van der Waals surface area contributed by atoms with Gasteiger partial charge in [-0.2, -0.15) is 4.31 Å². The Morgan fingerprint density at radius 3 is 2.59 bits per heavy atom. The fourth-order valence-corrected chi connectivity index (χ4v) is 7.70. The average molecular weight is 448 g/mol. The molecular weight excluding hydrogens is 422 g/mol. The topological polar surface area (TPSA) is 53.5 Å². The van der Waals surface area contributed by atoms with Crippen LogP contribution in [0.15, 0.2) is 40.6 Å². The minimum Gasteiger partial charge on any atom is -0.366 e. The van der Waals surface area contributed by atoms with Gasteiger partial charge in [-0.15, -0.1) is 22.7 Å². The molecule has 0 amide bonds. The molecule has 0 aliphatic carbocycles. The Labute approximate surface area is 180 Å². The lowest BCUT2D eigenvalue weighted by Gasteiger charge is -2.40. The van der Waals surface area contributed by atoms with Gasteiger partial charge in [-0.05, 0) is 51.5 Å². The molecule has 0 saturated carbocycles. The number of aryl methyl sites for hydroxylation is 3. The average Bonchev–Trinajstić information content (AvgIpc) is 3.27. The zero-order valence-electron chi connectivity index (χ0n) is 17.0. The molecule has 154 valence electrons. The van der Waals surface area contributed by atoms with Crippen LogP contribution in [0.2, 0.25) is 0 Å². The Morgan fingerprint density at radius 2 is 1.93 bits per heavy atom. The van der Waals surface area contributed by atoms with Crippen LogP contribution in [0.5, 0.6) is 0 Å². The number of piperazine rings is 1. The second-order valence-corrected chi connectivity index (χ2v) is 11.6. The molecular formula is C21H25N3O2S3. The summed E-state index contributed by atoms with van der Waals surface area (Å²) >= 11 is 3.06. The van der Waals surface area contributed by atoms with Gasteiger partial charge in [-0.1, -0.05) is 12.1 Å². The highest BCUT2D eigenvalue weighted by molar-refractivity contribution is 7.89. The van der Waals surface area contributed by atoms with Gasteiger partial charge >= 0.3 is 0 Å². The van der Waals surface area contributed by atoms with Crippen molar-refractivity contribution < 1.29 is 8.42 Å². The van der Waals surface area contributed by atoms with E-state index in [4.69, 9.17) is 0 Å². The third-order valence-electron chi connectivity index (χ3n) is 5.24. The smallest absolute Gasteiger partial charge is 0.244 e. The Morgan fingerprint density at radius 1 is 1.14 bits per heavy atom. The van der Waals surface area contributed by atoms with Crippen molar-refractivity contribution in [2.45, 2.75) is 38.6 Å². The molecule has 0 bridgehead atoms. The highest BCUT2D eigenvalue weighted by atomic mass is 32.2. The zero-order chi connectivity index (χ0) is 20.8. The van der Waals surface area contributed by atoms with Gasteiger partial charge in [0.1, 0.15) is 5.01 Å². The molecule has 29 heavy (non-hydrogen) atoms. The highest BCUT2D eigenvalue weighted by Gasteiger charge is 2.34. The lowest BCUT2D eigenvalue weighted by Crippen LogP contribution is -2.53. The van der Waals surface area contributed by atoms with E-state index >= 15 is 0 Å². The van der Waals surface area contributed by atoms with Crippen LogP contribution in [-0.4, -0.2) is 43.4 Å². The molecule has 1 atom stereocenters. The molecule has 5 nitrogen and oxygen atoms in total. The van der Waals surface area contributed by atoms with E-state index in [0.717, 1.165) is 26.1 Å². The lowest BCUT2D eigenvalue weighted by molar-refractivity contribution is 0.342. The Balaban J connectivity index is 1.57. The van der Waals surface area contributed by atoms with Crippen molar-refractivity contribution in [3.8, 4) is 9.88 Å². The molecule has 1 fully saturated rings. The Hall–Kier alpha value is -1.74. The zero-order valence-corrected chi connectivity index (χ0v) is 19.5. The second kappa shape index (κ2) is 7.83. The van der Waals surface area contributed by atoms with Gasteiger partial charge in [0.2, 0.25) is 10.0 Å². The summed E-state index contributed by atoms with van der Waals surface area (Å²) in [7, 11) is -3.53. The number of anilines is 1. The number of sulfonamides is 1. The largest absolute Gasteiger partial charge is 0.366 e. The predicted molar refractivity (Wildman–Crippen MR) is 122 cm³/mol. The van der Waals surface area contributed by atoms with E-state index in [1.165, 1.54) is 16.9 Å². The molecule has 0 N–H and O–H groups in total. The van der Waals surface area contributed by atoms with Crippen LogP contribution >= 0.6 is 22.7 Å². The summed E-state index contributed by atoms with van der Waals surface area (Å²) < 4.78 is 28.4. The molecule has 1 saturated heterocycles. The summed E-state index contributed by atoms with van der Waals surface area (Å²) in [6.07, 6.45) is 0. The van der Waals surface area contributed by atoms with Crippen LogP contribution in [0.1, 0.15) is 23.1 Å². The monoisotopic (exact) mass is 447 g/mol. The molecule has 1 aliphatic rings. The quantitative estimate of drug-likeness (QED) is 0.582. The first kappa shape index (κ1) is 20.5. The molecule has 1 aromatic carbocycles. The van der Waals surface area contributed by atoms with Crippen molar-refractivity contribution in [1.82, 2.24) is 9.29 Å². The van der Waals surface area contributed by atoms with Crippen molar-refractivity contribution in [2.75, 3.05) is 24.5 Å². The number of benzene rings is 1. The fraction of sp³-hybridized carbons (Fsp3) is 0.381. The number of nitrogens with zero attached hydrogens (tertiary/aromatic N) is 3. The van der Waals surface area contributed by atoms with E-state index in [2.05, 4.69) is 48.0 Å². The van der Waals surface area contributed by atoms with E-state index in [9.17, 15) is 8.42 Å². The SMILES string of the molecule is Cc1cccc(N2CCN(S(=O)(=O)c3cc(-c4nc(C)cs4)sc3C)C[C@@H]2C)c1. The number of aromatic nitrogens is 1. The minimum atomic E-state index is -3.53. The molecule has 8 heteroatoms. The Bertz CT molecular complexity index is 1130. The van der Waals surface area contributed by atoms with E-state index in [-0.39, 0.29) is 6.04 Å². The van der Waals surface area contributed by atoms with Gasteiger partial charge in [-0.25, -0.2) is 13.4 Å². The number of rotatable bonds is 4. The molecule has 2 aromatic heterocycles. The van der Waals surface area contributed by atoms with E-state index in [1.807, 2.05) is 19.2 Å². The Kier molecular flexibility index (Phi) is 5.54. The van der Waals surface area contributed by atoms with Gasteiger partial charge < -0.3 is 4.90 Å². The van der Waals surface area contributed by atoms with Gasteiger partial charge in [0, 0.05) is 47.3 Å². The van der Waals surface area contributed by atoms with Gasteiger partial charge in [0.05, 0.1) is 9.77 Å². The summed E-state index contributed by atoms with van der Waals surface area (Å²) in [6.45, 7) is 9.66. The van der Waals surface area contributed by atoms with Crippen molar-refractivity contribution in [3.05, 3.63) is 51.8 Å². The van der Waals surface area contributed by atoms with Crippen molar-refractivity contribution in [2.24, 2.45) is 0 Å². The van der Waals surface area contributed by atoms with E-state index in [0.29, 0.717) is 24.5 Å². The van der Waals surface area contributed by atoms with Gasteiger partial charge in [0.15, 0.2) is 0 Å². The molecule has 4 rings (SSSR count). The van der Waals surface area contributed by atoms with Crippen molar-refractivity contribution in [1.29, 1.82) is 0 Å². The first-order chi connectivity index (χ1) is 13.8. The van der Waals surface area contributed by atoms with Gasteiger partial charge in [-0.3, -0.25) is 0 Å². The summed E-state index contributed by atoms with van der Waals surface area (Å²) in [5.74, 6) is 0.